The van der Waals surface area contributed by atoms with Gasteiger partial charge in [-0.15, -0.1) is 5.10 Å². The number of hydrogen-bond acceptors (Lipinski definition) is 8. The second-order valence-electron chi connectivity index (χ2n) is 10.2. The molecule has 0 aliphatic rings. The highest BCUT2D eigenvalue weighted by Gasteiger charge is 2.23. The molecule has 0 radical (unpaired) electrons. The molecule has 0 atom stereocenters. The number of fused-ring (bicyclic) bond motifs is 1. The lowest BCUT2D eigenvalue weighted by Crippen LogP contribution is -2.23. The van der Waals surface area contributed by atoms with Crippen LogP contribution in [0.2, 0.25) is 0 Å². The van der Waals surface area contributed by atoms with Crippen molar-refractivity contribution in [1.29, 1.82) is 0 Å². The van der Waals surface area contributed by atoms with Gasteiger partial charge >= 0.3 is 0 Å². The van der Waals surface area contributed by atoms with Crippen LogP contribution in [0.5, 0.6) is 0 Å². The van der Waals surface area contributed by atoms with Gasteiger partial charge in [0.15, 0.2) is 23.9 Å². The molecule has 2 aromatic carbocycles. The number of tetrazole rings is 1. The molecule has 6 rings (SSSR count). The summed E-state index contributed by atoms with van der Waals surface area (Å²) >= 11 is 0. The van der Waals surface area contributed by atoms with Crippen molar-refractivity contribution in [3.8, 4) is 33.6 Å². The number of aryl methyl sites for hydroxylation is 1. The van der Waals surface area contributed by atoms with Crippen molar-refractivity contribution in [3.05, 3.63) is 101 Å². The van der Waals surface area contributed by atoms with Crippen LogP contribution in [-0.2, 0) is 22.4 Å². The van der Waals surface area contributed by atoms with Gasteiger partial charge in [-0.25, -0.2) is 15.1 Å². The molecule has 0 saturated heterocycles. The van der Waals surface area contributed by atoms with E-state index in [1.165, 1.54) is 12.4 Å². The first-order valence-electron chi connectivity index (χ1n) is 14.2. The number of aromatic nitrogens is 8. The molecule has 6 aromatic rings. The quantitative estimate of drug-likeness (QED) is 0.126. The van der Waals surface area contributed by atoms with Gasteiger partial charge in [0.1, 0.15) is 17.0 Å². The summed E-state index contributed by atoms with van der Waals surface area (Å²) in [5, 5.41) is 26.1. The predicted molar refractivity (Wildman–Crippen MR) is 161 cm³/mol. The number of imidazole rings is 1. The van der Waals surface area contributed by atoms with Gasteiger partial charge in [-0.1, -0.05) is 61.9 Å². The number of pyridine rings is 2. The van der Waals surface area contributed by atoms with E-state index in [9.17, 15) is 5.21 Å². The molecule has 4 aromatic heterocycles. The number of rotatable bonds is 11. The lowest BCUT2D eigenvalue weighted by Gasteiger charge is -2.17. The molecule has 218 valence electrons. The van der Waals surface area contributed by atoms with Crippen LogP contribution in [0.4, 0.5) is 0 Å². The molecule has 0 aliphatic heterocycles. The van der Waals surface area contributed by atoms with E-state index in [-0.39, 0.29) is 0 Å². The van der Waals surface area contributed by atoms with E-state index in [1.54, 1.807) is 26.4 Å². The van der Waals surface area contributed by atoms with Gasteiger partial charge in [0.05, 0.1) is 6.54 Å². The second-order valence-corrected chi connectivity index (χ2v) is 10.2. The van der Waals surface area contributed by atoms with Crippen molar-refractivity contribution in [3.63, 3.8) is 0 Å². The van der Waals surface area contributed by atoms with E-state index in [1.807, 2.05) is 24.3 Å². The summed E-state index contributed by atoms with van der Waals surface area (Å²) in [6.45, 7) is 2.77. The Balaban J connectivity index is 1.41. The van der Waals surface area contributed by atoms with E-state index >= 15 is 0 Å². The number of ether oxygens (including phenoxy) is 2. The molecule has 1 N–H and O–H groups in total. The summed E-state index contributed by atoms with van der Waals surface area (Å²) < 4.78 is 14.2. The monoisotopic (exact) mass is 576 g/mol. The van der Waals surface area contributed by atoms with Crippen molar-refractivity contribution in [2.75, 3.05) is 14.2 Å². The third-order valence-electron chi connectivity index (χ3n) is 7.48. The van der Waals surface area contributed by atoms with Crippen molar-refractivity contribution < 1.29 is 14.2 Å². The standard InChI is InChI=1S/C32H32N8O3/c1-4-5-10-28-33-27-19-26(23-15-17-39(41)18-16-23)29(32(42-2)43-3)34-31(27)40(28)20-21-11-13-22(14-12-21)24-8-6-7-9-25(24)30-35-37-38-36-30/h6-9,11-19,32H,4-5,10,20H2,1-3H3,(H,35,36,37,38). The lowest BCUT2D eigenvalue weighted by atomic mass is 9.98. The minimum atomic E-state index is -0.694. The Morgan fingerprint density at radius 1 is 0.907 bits per heavy atom. The number of nitrogens with one attached hydrogen (secondary N) is 1. The van der Waals surface area contributed by atoms with Crippen molar-refractivity contribution >= 4 is 11.2 Å². The summed E-state index contributed by atoms with van der Waals surface area (Å²) in [6, 6.07) is 22.1. The van der Waals surface area contributed by atoms with Gasteiger partial charge in [0.2, 0.25) is 6.29 Å². The number of hydrogen-bond donors (Lipinski definition) is 1. The molecule has 0 aliphatic carbocycles. The van der Waals surface area contributed by atoms with E-state index < -0.39 is 6.29 Å². The number of unbranched alkanes of at least 4 members (excludes halogenated alkanes) is 1. The fourth-order valence-corrected chi connectivity index (χ4v) is 5.31. The maximum Gasteiger partial charge on any atom is 0.201 e. The molecule has 0 fully saturated rings. The Morgan fingerprint density at radius 3 is 2.30 bits per heavy atom. The summed E-state index contributed by atoms with van der Waals surface area (Å²) in [5.41, 5.74) is 7.94. The van der Waals surface area contributed by atoms with Crippen LogP contribution in [-0.4, -0.2) is 49.4 Å². The normalized spacial score (nSPS) is 11.5. The van der Waals surface area contributed by atoms with Crippen LogP contribution in [0.15, 0.2) is 79.1 Å². The molecule has 0 saturated carbocycles. The zero-order valence-electron chi connectivity index (χ0n) is 24.3. The number of aromatic amines is 1. The molecule has 4 heterocycles. The maximum atomic E-state index is 11.7. The topological polar surface area (TPSA) is 131 Å². The molecule has 43 heavy (non-hydrogen) atoms. The van der Waals surface area contributed by atoms with Gasteiger partial charge in [-0.3, -0.25) is 0 Å². The van der Waals surface area contributed by atoms with Gasteiger partial charge in [-0.05, 0) is 45.2 Å². The van der Waals surface area contributed by atoms with Gasteiger partial charge in [0, 0.05) is 43.9 Å². The highest BCUT2D eigenvalue weighted by molar-refractivity contribution is 5.82. The number of H-pyrrole nitrogens is 1. The van der Waals surface area contributed by atoms with Gasteiger partial charge in [-0.2, -0.15) is 4.73 Å². The molecule has 11 nitrogen and oxygen atoms in total. The number of methoxy groups -OCH3 is 2. The highest BCUT2D eigenvalue weighted by Crippen LogP contribution is 2.33. The van der Waals surface area contributed by atoms with Crippen LogP contribution in [0.25, 0.3) is 44.8 Å². The van der Waals surface area contributed by atoms with Crippen LogP contribution >= 0.6 is 0 Å². The van der Waals surface area contributed by atoms with Crippen LogP contribution < -0.4 is 4.73 Å². The first-order valence-corrected chi connectivity index (χ1v) is 14.2. The zero-order chi connectivity index (χ0) is 29.8. The smallest absolute Gasteiger partial charge is 0.201 e. The Labute approximate surface area is 248 Å². The van der Waals surface area contributed by atoms with Crippen molar-refractivity contribution in [1.82, 2.24) is 35.2 Å². The minimum Gasteiger partial charge on any atom is -0.619 e. The third-order valence-corrected chi connectivity index (χ3v) is 7.48. The Hall–Kier alpha value is -5.00. The average molecular weight is 577 g/mol. The van der Waals surface area contributed by atoms with Crippen molar-refractivity contribution in [2.24, 2.45) is 0 Å². The van der Waals surface area contributed by atoms with Crippen LogP contribution in [0.3, 0.4) is 0 Å². The zero-order valence-corrected chi connectivity index (χ0v) is 24.3. The van der Waals surface area contributed by atoms with Crippen LogP contribution in [0.1, 0.15) is 43.1 Å². The Bertz CT molecular complexity index is 1810. The summed E-state index contributed by atoms with van der Waals surface area (Å²) in [5.74, 6) is 1.59. The molecule has 0 unspecified atom stereocenters. The minimum absolute atomic E-state index is 0.599. The highest BCUT2D eigenvalue weighted by atomic mass is 16.7. The third kappa shape index (κ3) is 5.72. The largest absolute Gasteiger partial charge is 0.619 e. The fraction of sp³-hybridized carbons (Fsp3) is 0.250. The van der Waals surface area contributed by atoms with Crippen LogP contribution in [0, 0.1) is 5.21 Å². The molecule has 0 spiro atoms. The Morgan fingerprint density at radius 2 is 1.63 bits per heavy atom. The van der Waals surface area contributed by atoms with Gasteiger partial charge < -0.3 is 19.2 Å². The van der Waals surface area contributed by atoms with E-state index in [0.29, 0.717) is 18.1 Å². The van der Waals surface area contributed by atoms with E-state index in [0.717, 1.165) is 74.4 Å². The molecular weight excluding hydrogens is 544 g/mol. The first-order chi connectivity index (χ1) is 21.1. The van der Waals surface area contributed by atoms with Crippen molar-refractivity contribution in [2.45, 2.75) is 39.0 Å². The Kier molecular flexibility index (Phi) is 8.16. The molecular formula is C32H32N8O3. The molecule has 0 amide bonds. The average Bonchev–Trinajstić information content (AvgIpc) is 3.70. The van der Waals surface area contributed by atoms with E-state index in [2.05, 4.69) is 62.4 Å². The van der Waals surface area contributed by atoms with Gasteiger partial charge in [0.25, 0.3) is 0 Å². The molecule has 0 bridgehead atoms. The SMILES string of the molecule is CCCCc1nc2cc(-c3cc[n+]([O-])cc3)c(C(OC)OC)nc2n1Cc1ccc(-c2ccccc2-c2nnn[nH]2)cc1. The number of nitrogens with zero attached hydrogens (tertiary/aromatic N) is 7. The maximum absolute atomic E-state index is 11.7. The first kappa shape index (κ1) is 28.1. The lowest BCUT2D eigenvalue weighted by molar-refractivity contribution is -0.605. The summed E-state index contributed by atoms with van der Waals surface area (Å²) in [7, 11) is 3.17. The predicted octanol–water partition coefficient (Wildman–Crippen LogP) is 5.26. The summed E-state index contributed by atoms with van der Waals surface area (Å²) in [4.78, 5) is 10.1. The second kappa shape index (κ2) is 12.5. The fourth-order valence-electron chi connectivity index (χ4n) is 5.31. The number of benzene rings is 2. The molecule has 11 heteroatoms. The van der Waals surface area contributed by atoms with E-state index in [4.69, 9.17) is 19.4 Å². The summed E-state index contributed by atoms with van der Waals surface area (Å²) in [6.07, 6.45) is 5.13.